The van der Waals surface area contributed by atoms with E-state index in [2.05, 4.69) is 84.6 Å². The smallest absolute Gasteiger partial charge is 0.341 e. The average molecular weight is 2440 g/mol. The predicted molar refractivity (Wildman–Crippen MR) is 550 cm³/mol. The highest BCUT2D eigenvalue weighted by molar-refractivity contribution is 9.17. The van der Waals surface area contributed by atoms with E-state index in [0.717, 1.165) is 28.9 Å². The molecule has 0 fully saturated rings. The third kappa shape index (κ3) is 20.2. The third-order valence-electron chi connectivity index (χ3n) is 23.0. The van der Waals surface area contributed by atoms with E-state index >= 15 is 0 Å². The fourth-order valence-corrected chi connectivity index (χ4v) is 18.5. The number of aromatic carboxylic acids is 2. The summed E-state index contributed by atoms with van der Waals surface area (Å²) in [4.78, 5) is 259. The highest BCUT2D eigenvalue weighted by Gasteiger charge is 2.46. The largest absolute Gasteiger partial charge is 0.482 e. The second-order valence-electron chi connectivity index (χ2n) is 31.9. The Morgan fingerprint density at radius 1 is 0.320 bits per heavy atom. The number of ketones is 18. The van der Waals surface area contributed by atoms with E-state index in [4.69, 9.17) is 105 Å². The molecule has 15 aromatic rings. The zero-order chi connectivity index (χ0) is 108. The summed E-state index contributed by atoms with van der Waals surface area (Å²) in [6, 6.07) is 49.4. The van der Waals surface area contributed by atoms with Gasteiger partial charge in [0.1, 0.15) is 74.0 Å². The molecule has 7 heterocycles. The van der Waals surface area contributed by atoms with Crippen molar-refractivity contribution < 1.29 is 147 Å². The first-order valence-electron chi connectivity index (χ1n) is 42.6. The van der Waals surface area contributed by atoms with Crippen molar-refractivity contribution in [2.45, 2.75) is 13.8 Å². The molecule has 3 N–H and O–H groups in total. The molecule has 33 nitrogen and oxygen atoms in total. The Kier molecular flexibility index (Phi) is 31.0. The van der Waals surface area contributed by atoms with E-state index in [1.54, 1.807) is 158 Å². The van der Waals surface area contributed by atoms with E-state index in [9.17, 15) is 101 Å². The lowest BCUT2D eigenvalue weighted by molar-refractivity contribution is -0.139. The molecule has 8 aromatic carbocycles. The molecule has 6 aliphatic rings. The number of Topliss-reactive ketones (excluding diaryl/α,β-unsaturated/α-hetero) is 12. The van der Waals surface area contributed by atoms with Crippen LogP contribution in [0.2, 0.25) is 5.02 Å². The van der Waals surface area contributed by atoms with Crippen LogP contribution < -0.4 is 4.74 Å². The van der Waals surface area contributed by atoms with Crippen LogP contribution in [-0.2, 0) is 24.0 Å². The second kappa shape index (κ2) is 43.6. The summed E-state index contributed by atoms with van der Waals surface area (Å²) in [7, 11) is 0. The number of aliphatic carboxylic acids is 1. The van der Waals surface area contributed by atoms with E-state index in [0.29, 0.717) is 60.0 Å². The van der Waals surface area contributed by atoms with Gasteiger partial charge in [-0.3, -0.25) is 86.3 Å². The van der Waals surface area contributed by atoms with Gasteiger partial charge >= 0.3 is 17.9 Å². The summed E-state index contributed by atoms with van der Waals surface area (Å²) >= 11 is 44.8. The lowest BCUT2D eigenvalue weighted by Crippen LogP contribution is -2.22. The van der Waals surface area contributed by atoms with Crippen LogP contribution in [0.1, 0.15) is 234 Å². The zero-order valence-electron chi connectivity index (χ0n) is 75.2. The fourth-order valence-electron chi connectivity index (χ4n) is 15.7. The number of furan rings is 6. The van der Waals surface area contributed by atoms with Crippen molar-refractivity contribution in [3.63, 3.8) is 0 Å². The molecule has 0 atom stereocenters. The van der Waals surface area contributed by atoms with Crippen LogP contribution in [0.3, 0.4) is 0 Å². The van der Waals surface area contributed by atoms with E-state index in [-0.39, 0.29) is 170 Å². The molecule has 21 rings (SSSR count). The number of carbonyl (C=O) groups is 21. The summed E-state index contributed by atoms with van der Waals surface area (Å²) in [5.74, 6) is -14.6. The Bertz CT molecular complexity index is 8360. The first-order valence-corrected chi connectivity index (χ1v) is 48.5. The van der Waals surface area contributed by atoms with Crippen molar-refractivity contribution in [2.75, 3.05) is 6.61 Å². The molecule has 0 unspecified atom stereocenters. The molecule has 0 spiro atoms. The van der Waals surface area contributed by atoms with Gasteiger partial charge in [-0.2, -0.15) is 0 Å². The molecule has 0 bridgehead atoms. The Balaban J connectivity index is 0.000000128. The number of fused-ring (bicyclic) bond motifs is 10. The first kappa shape index (κ1) is 107. The van der Waals surface area contributed by atoms with Gasteiger partial charge < -0.3 is 51.1 Å². The minimum Gasteiger partial charge on any atom is -0.482 e. The van der Waals surface area contributed by atoms with Gasteiger partial charge in [0.2, 0.25) is 69.4 Å². The number of aromatic nitrogens is 2. The first-order chi connectivity index (χ1) is 71.4. The summed E-state index contributed by atoms with van der Waals surface area (Å²) in [5, 5.41) is 25.4. The summed E-state index contributed by atoms with van der Waals surface area (Å²) < 4.78 is 40.7. The number of benzene rings is 8. The maximum atomic E-state index is 12.9. The quantitative estimate of drug-likeness (QED) is 0.0530. The van der Waals surface area contributed by atoms with Crippen LogP contribution in [0.5, 0.6) is 5.75 Å². The van der Waals surface area contributed by atoms with E-state index in [1.807, 2.05) is 0 Å². The Labute approximate surface area is 905 Å². The molecule has 150 heavy (non-hydrogen) atoms. The van der Waals surface area contributed by atoms with Crippen LogP contribution in [0.4, 0.5) is 0 Å². The maximum absolute atomic E-state index is 12.9. The van der Waals surface area contributed by atoms with Crippen molar-refractivity contribution in [2.24, 2.45) is 0 Å². The molecule has 744 valence electrons. The number of imidazole rings is 1. The van der Waals surface area contributed by atoms with Gasteiger partial charge in [0.15, 0.2) is 64.3 Å². The number of halogens is 10. The van der Waals surface area contributed by atoms with Crippen LogP contribution in [-0.4, -0.2) is 153 Å². The topological polar surface area (TPSA) is 525 Å². The standard InChI is InChI=1S/C20H11BrO4.C20H11ClO4.C18H8Br2N2O4.C17H8Cl2O7.C16H6Br2O6.C16H6Cl2O6/c2*1-10-15(17(22)11-6-8-12(21)9-7-11)16-19(24)18(23)13-4-2-3-5-14(13)20(16)25-10;19-13-14(20)18-12(16(24)17(13)25)11(7-26-18)15(23)9-1-3-10(4-2-9)22-6-5-21-8-22;18-12-13(19)17-11(15(23)16(12)24)9(5-26-17)14(22)7-1-3-8(4-2-7)25-6-10(20)21;2*17-10-11(18)15-9(13(20)14(10)21)8(5-24-15)12(19)6-1-3-7(4-2-6)16(22)23/h2*2-9H,1H3;1-8H;1-5H,6H2,(H,20,21);2*1-5H,(H,22,23). The molecule has 0 radical (unpaired) electrons. The van der Waals surface area contributed by atoms with Crippen LogP contribution in [0.25, 0.3) is 47.4 Å². The van der Waals surface area contributed by atoms with Gasteiger partial charge in [0.25, 0.3) is 0 Å². The zero-order valence-corrected chi connectivity index (χ0v) is 86.9. The monoisotopic (exact) mass is 2430 g/mol. The van der Waals surface area contributed by atoms with Gasteiger partial charge in [-0.1, -0.05) is 147 Å². The van der Waals surface area contributed by atoms with Crippen LogP contribution >= 0.6 is 138 Å². The van der Waals surface area contributed by atoms with Crippen LogP contribution in [0, 0.1) is 13.8 Å². The number of rotatable bonds is 18. The highest BCUT2D eigenvalue weighted by atomic mass is 79.9. The Hall–Kier alpha value is -16.3. The number of ether oxygens (including phenoxy) is 1. The number of hydrogen-bond acceptors (Lipinski definition) is 29. The van der Waals surface area contributed by atoms with Crippen LogP contribution in [0.15, 0.2) is 288 Å². The number of carboxylic acids is 3. The van der Waals surface area contributed by atoms with Crippen molar-refractivity contribution in [3.05, 3.63) is 423 Å². The van der Waals surface area contributed by atoms with Crippen molar-refractivity contribution in [1.82, 2.24) is 9.55 Å². The predicted octanol–water partition coefficient (Wildman–Crippen LogP) is 22.5. The molecule has 0 aliphatic heterocycles. The summed E-state index contributed by atoms with van der Waals surface area (Å²) in [5.41, 5.74) is 3.71. The van der Waals surface area contributed by atoms with E-state index in [1.165, 1.54) is 79.1 Å². The maximum Gasteiger partial charge on any atom is 0.341 e. The number of allylic oxidation sites excluding steroid dienone is 4. The van der Waals surface area contributed by atoms with Crippen molar-refractivity contribution >= 4 is 279 Å². The molecule has 0 saturated heterocycles. The molecular formula is C107H50Br5Cl5N2O31. The average Bonchev–Trinajstić information content (AvgIpc) is 1.58. The lowest BCUT2D eigenvalue weighted by Gasteiger charge is -2.13. The second-order valence-corrected chi connectivity index (χ2v) is 38.0. The van der Waals surface area contributed by atoms with Gasteiger partial charge in [0.05, 0.1) is 102 Å². The molecular weight excluding hydrogens is 2390 g/mol. The Morgan fingerprint density at radius 3 is 0.967 bits per heavy atom. The minimum absolute atomic E-state index is 0.00443. The Morgan fingerprint density at radius 2 is 0.620 bits per heavy atom. The molecule has 43 heteroatoms. The summed E-state index contributed by atoms with van der Waals surface area (Å²) in [6.07, 6.45) is 9.45. The van der Waals surface area contributed by atoms with Crippen molar-refractivity contribution in [3.8, 4) is 34.1 Å². The molecule has 0 saturated carbocycles. The van der Waals surface area contributed by atoms with Gasteiger partial charge in [-0.15, -0.1) is 0 Å². The number of nitrogens with zero attached hydrogens (tertiary/aromatic N) is 2. The SMILES string of the molecule is Cc1oc2c(c1C(=O)c1ccc(Br)cc1)C(=O)C(=O)c1ccccc1-2.Cc1oc2c(c1C(=O)c1ccc(Cl)cc1)C(=O)C(=O)c1ccccc1-2.O=C(O)COc1ccc(C(=O)c2coc3c2C(=O)C(=O)C(Cl)=C3Cl)cc1.O=C1C(=O)c2c(C(=O)c3ccc(-n4ccnc4)cc3)coc2C(Br)=C1Br.O=C1C(=O)c2c(C(=O)c3ccc(C(=O)O)cc3)coc2C(Br)=C1Br.O=C1C(=O)c2c(C(=O)c3ccc(C(=O)O)cc3)coc2C(Cl)=C1Cl. The minimum atomic E-state index is -1.14. The van der Waals surface area contributed by atoms with Gasteiger partial charge in [-0.05, 0) is 199 Å². The molecule has 6 aliphatic carbocycles. The lowest BCUT2D eigenvalue weighted by atomic mass is 9.85. The number of aryl methyl sites for hydroxylation is 2. The third-order valence-corrected chi connectivity index (χ3v) is 29.5. The van der Waals surface area contributed by atoms with Gasteiger partial charge in [0, 0.05) is 83.2 Å². The van der Waals surface area contributed by atoms with E-state index < -0.39 is 127 Å². The number of carbonyl (C=O) groups excluding carboxylic acids is 18. The highest BCUT2D eigenvalue weighted by Crippen LogP contribution is 2.47. The normalized spacial score (nSPS) is 13.5. The number of hydrogen-bond donors (Lipinski definition) is 3. The fraction of sp³-hybridized carbons (Fsp3) is 0.0280. The summed E-state index contributed by atoms with van der Waals surface area (Å²) in [6.45, 7) is 2.72. The van der Waals surface area contributed by atoms with Gasteiger partial charge in [-0.25, -0.2) is 19.4 Å². The molecule has 7 aromatic heterocycles. The molecule has 0 amide bonds. The van der Waals surface area contributed by atoms with Crippen molar-refractivity contribution in [1.29, 1.82) is 0 Å². The number of carboxylic acid groups (broad SMARTS) is 3.